The zero-order valence-electron chi connectivity index (χ0n) is 17.9. The zero-order chi connectivity index (χ0) is 21.8. The van der Waals surface area contributed by atoms with E-state index in [0.29, 0.717) is 23.8 Å². The Balaban J connectivity index is 1.26. The van der Waals surface area contributed by atoms with Crippen LogP contribution in [-0.2, 0) is 11.3 Å². The molecule has 2 unspecified atom stereocenters. The average molecular weight is 424 g/mol. The number of amides is 3. The number of hydrogen-bond acceptors (Lipinski definition) is 5. The van der Waals surface area contributed by atoms with E-state index < -0.39 is 0 Å². The summed E-state index contributed by atoms with van der Waals surface area (Å²) in [6, 6.07) is 10.9. The largest absolute Gasteiger partial charge is 0.372 e. The van der Waals surface area contributed by atoms with Crippen molar-refractivity contribution in [3.05, 3.63) is 53.7 Å². The molecule has 1 aromatic heterocycles. The second-order valence-corrected chi connectivity index (χ2v) is 8.32. The zero-order valence-corrected chi connectivity index (χ0v) is 17.9. The average Bonchev–Trinajstić information content (AvgIpc) is 3.56. The molecule has 2 aromatic rings. The molecule has 4 rings (SSSR count). The van der Waals surface area contributed by atoms with Gasteiger partial charge in [0.05, 0.1) is 12.2 Å². The molecule has 31 heavy (non-hydrogen) atoms. The van der Waals surface area contributed by atoms with Crippen LogP contribution >= 0.6 is 0 Å². The number of benzene rings is 1. The summed E-state index contributed by atoms with van der Waals surface area (Å²) < 4.78 is 5.77. The molecular weight excluding hydrogens is 394 g/mol. The van der Waals surface area contributed by atoms with E-state index >= 15 is 0 Å². The van der Waals surface area contributed by atoms with Crippen LogP contribution in [-0.4, -0.2) is 48.3 Å². The number of rotatable bonds is 6. The van der Waals surface area contributed by atoms with Crippen molar-refractivity contribution in [2.45, 2.75) is 51.5 Å². The molecule has 1 aliphatic heterocycles. The highest BCUT2D eigenvalue weighted by Gasteiger charge is 2.24. The van der Waals surface area contributed by atoms with Gasteiger partial charge in [0.1, 0.15) is 5.82 Å². The van der Waals surface area contributed by atoms with Crippen LogP contribution in [0.5, 0.6) is 0 Å². The molecule has 3 amide bonds. The van der Waals surface area contributed by atoms with Crippen molar-refractivity contribution in [3.63, 3.8) is 0 Å². The van der Waals surface area contributed by atoms with Gasteiger partial charge in [-0.3, -0.25) is 4.79 Å². The van der Waals surface area contributed by atoms with Gasteiger partial charge in [0.25, 0.3) is 5.91 Å². The first-order valence-electron chi connectivity index (χ1n) is 10.8. The fourth-order valence-electron chi connectivity index (χ4n) is 3.64. The number of pyridine rings is 1. The number of hydrogen-bond donors (Lipinski definition) is 3. The van der Waals surface area contributed by atoms with Crippen LogP contribution < -0.4 is 20.9 Å². The number of carbonyl (C=O) groups is 2. The smallest absolute Gasteiger partial charge is 0.319 e. The number of morpholine rings is 1. The lowest BCUT2D eigenvalue weighted by Crippen LogP contribution is -2.45. The molecule has 8 nitrogen and oxygen atoms in total. The van der Waals surface area contributed by atoms with Gasteiger partial charge in [-0.25, -0.2) is 9.78 Å². The number of anilines is 2. The lowest BCUT2D eigenvalue weighted by atomic mass is 10.2. The molecule has 164 valence electrons. The van der Waals surface area contributed by atoms with Crippen molar-refractivity contribution in [3.8, 4) is 0 Å². The standard InChI is InChI=1S/C23H29N5O3/c1-15-13-28(14-16(2)31-15)21-10-3-17(11-24-21)12-25-22(29)18-4-6-19(7-5-18)26-23(30)27-20-8-9-20/h3-7,10-11,15-16,20H,8-9,12-14H2,1-2H3,(H,25,29)(H2,26,27,30). The van der Waals surface area contributed by atoms with Gasteiger partial charge in [-0.15, -0.1) is 0 Å². The van der Waals surface area contributed by atoms with E-state index in [4.69, 9.17) is 4.74 Å². The molecule has 0 radical (unpaired) electrons. The Morgan fingerprint density at radius 1 is 1.06 bits per heavy atom. The fourth-order valence-corrected chi connectivity index (χ4v) is 3.64. The molecule has 2 heterocycles. The number of carbonyl (C=O) groups excluding carboxylic acids is 2. The van der Waals surface area contributed by atoms with Gasteiger partial charge in [-0.05, 0) is 62.6 Å². The SMILES string of the molecule is CC1CN(c2ccc(CNC(=O)c3ccc(NC(=O)NC4CC4)cc3)cn2)CC(C)O1. The highest BCUT2D eigenvalue weighted by atomic mass is 16.5. The first kappa shape index (κ1) is 21.1. The third-order valence-electron chi connectivity index (χ3n) is 5.32. The second kappa shape index (κ2) is 9.34. The molecule has 3 N–H and O–H groups in total. The molecule has 2 atom stereocenters. The summed E-state index contributed by atoms with van der Waals surface area (Å²) in [5, 5.41) is 8.55. The van der Waals surface area contributed by atoms with Crippen LogP contribution in [0.25, 0.3) is 0 Å². The van der Waals surface area contributed by atoms with Gasteiger partial charge in [-0.1, -0.05) is 6.07 Å². The van der Waals surface area contributed by atoms with Gasteiger partial charge >= 0.3 is 6.03 Å². The van der Waals surface area contributed by atoms with Crippen molar-refractivity contribution in [1.82, 2.24) is 15.6 Å². The third-order valence-corrected chi connectivity index (χ3v) is 5.32. The lowest BCUT2D eigenvalue weighted by molar-refractivity contribution is -0.00546. The molecule has 1 aliphatic carbocycles. The van der Waals surface area contributed by atoms with Crippen molar-refractivity contribution in [1.29, 1.82) is 0 Å². The number of ether oxygens (including phenoxy) is 1. The Kier molecular flexibility index (Phi) is 6.36. The molecule has 0 spiro atoms. The molecule has 1 saturated carbocycles. The van der Waals surface area contributed by atoms with Crippen LogP contribution in [0.15, 0.2) is 42.6 Å². The van der Waals surface area contributed by atoms with Crippen LogP contribution in [0.3, 0.4) is 0 Å². The number of urea groups is 1. The predicted molar refractivity (Wildman–Crippen MR) is 119 cm³/mol. The maximum atomic E-state index is 12.4. The van der Waals surface area contributed by atoms with E-state index in [1.165, 1.54) is 0 Å². The second-order valence-electron chi connectivity index (χ2n) is 8.32. The van der Waals surface area contributed by atoms with Gasteiger partial charge in [0.15, 0.2) is 0 Å². The third kappa shape index (κ3) is 5.95. The molecule has 1 aromatic carbocycles. The normalized spacial score (nSPS) is 20.8. The monoisotopic (exact) mass is 423 g/mol. The van der Waals surface area contributed by atoms with E-state index in [2.05, 4.69) is 39.7 Å². The van der Waals surface area contributed by atoms with Crippen LogP contribution in [0.1, 0.15) is 42.6 Å². The van der Waals surface area contributed by atoms with Crippen LogP contribution in [0.4, 0.5) is 16.3 Å². The minimum atomic E-state index is -0.211. The minimum absolute atomic E-state index is 0.172. The molecule has 0 bridgehead atoms. The summed E-state index contributed by atoms with van der Waals surface area (Å²) >= 11 is 0. The van der Waals surface area contributed by atoms with E-state index in [0.717, 1.165) is 37.3 Å². The van der Waals surface area contributed by atoms with Crippen molar-refractivity contribution in [2.75, 3.05) is 23.3 Å². The summed E-state index contributed by atoms with van der Waals surface area (Å²) in [5.41, 5.74) is 2.12. The Hall–Kier alpha value is -3.13. The van der Waals surface area contributed by atoms with Gasteiger partial charge < -0.3 is 25.6 Å². The Morgan fingerprint density at radius 2 is 1.77 bits per heavy atom. The minimum Gasteiger partial charge on any atom is -0.372 e. The molecular formula is C23H29N5O3. The molecule has 8 heteroatoms. The molecule has 1 saturated heterocycles. The molecule has 2 fully saturated rings. The van der Waals surface area contributed by atoms with Crippen LogP contribution in [0.2, 0.25) is 0 Å². The summed E-state index contributed by atoms with van der Waals surface area (Å²) in [4.78, 5) is 31.0. The maximum Gasteiger partial charge on any atom is 0.319 e. The quantitative estimate of drug-likeness (QED) is 0.664. The topological polar surface area (TPSA) is 95.6 Å². The fraction of sp³-hybridized carbons (Fsp3) is 0.435. The Bertz CT molecular complexity index is 902. The van der Waals surface area contributed by atoms with Crippen molar-refractivity contribution < 1.29 is 14.3 Å². The summed E-state index contributed by atoms with van der Waals surface area (Å²) in [5.74, 6) is 0.750. The summed E-state index contributed by atoms with van der Waals surface area (Å²) in [7, 11) is 0. The first-order valence-corrected chi connectivity index (χ1v) is 10.8. The highest BCUT2D eigenvalue weighted by Crippen LogP contribution is 2.20. The van der Waals surface area contributed by atoms with E-state index in [1.54, 1.807) is 30.5 Å². The predicted octanol–water partition coefficient (Wildman–Crippen LogP) is 2.91. The van der Waals surface area contributed by atoms with E-state index in [9.17, 15) is 9.59 Å². The van der Waals surface area contributed by atoms with Crippen molar-refractivity contribution >= 4 is 23.4 Å². The van der Waals surface area contributed by atoms with Gasteiger partial charge in [0.2, 0.25) is 0 Å². The number of aromatic nitrogens is 1. The van der Waals surface area contributed by atoms with Crippen molar-refractivity contribution in [2.24, 2.45) is 0 Å². The lowest BCUT2D eigenvalue weighted by Gasteiger charge is -2.36. The summed E-state index contributed by atoms with van der Waals surface area (Å²) in [6.45, 7) is 6.17. The Labute approximate surface area is 182 Å². The maximum absolute atomic E-state index is 12.4. The Morgan fingerprint density at radius 3 is 2.39 bits per heavy atom. The van der Waals surface area contributed by atoms with Gasteiger partial charge in [0, 0.05) is 43.1 Å². The van der Waals surface area contributed by atoms with Gasteiger partial charge in [-0.2, -0.15) is 0 Å². The highest BCUT2D eigenvalue weighted by molar-refractivity contribution is 5.95. The van der Waals surface area contributed by atoms with E-state index in [-0.39, 0.29) is 24.1 Å². The summed E-state index contributed by atoms with van der Waals surface area (Å²) in [6.07, 6.45) is 4.23. The van der Waals surface area contributed by atoms with E-state index in [1.807, 2.05) is 12.1 Å². The number of nitrogens with one attached hydrogen (secondary N) is 3. The van der Waals surface area contributed by atoms with Crippen LogP contribution in [0, 0.1) is 0 Å². The molecule has 2 aliphatic rings. The number of nitrogens with zero attached hydrogens (tertiary/aromatic N) is 2. The first-order chi connectivity index (χ1) is 15.0.